The molecule has 24 heavy (non-hydrogen) atoms. The molecule has 0 bridgehead atoms. The third-order valence-corrected chi connectivity index (χ3v) is 3.55. The molecule has 0 saturated heterocycles. The Morgan fingerprint density at radius 1 is 0.667 bits per heavy atom. The molecule has 2 nitrogen and oxygen atoms in total. The minimum Gasteiger partial charge on any atom is -0.481 e. The molecule has 0 aliphatic carbocycles. The molecule has 134 valence electrons. The maximum Gasteiger partial charge on any atom is 0.303 e. The van der Waals surface area contributed by atoms with Gasteiger partial charge in [0.1, 0.15) is 0 Å². The van der Waals surface area contributed by atoms with E-state index >= 15 is 0 Å². The molecule has 0 aliphatic heterocycles. The second-order valence-electron chi connectivity index (χ2n) is 5.82. The molecule has 2 heteroatoms. The van der Waals surface area contributed by atoms with Gasteiger partial charge in [0.05, 0.1) is 0 Å². The summed E-state index contributed by atoms with van der Waals surface area (Å²) in [5.74, 6) is -0.679. The summed E-state index contributed by atoms with van der Waals surface area (Å²) in [4.78, 5) is 10.4. The van der Waals surface area contributed by atoms with Crippen LogP contribution in [-0.2, 0) is 4.79 Å². The highest BCUT2D eigenvalue weighted by Crippen LogP contribution is 2.07. The fourth-order valence-corrected chi connectivity index (χ4v) is 2.19. The smallest absolute Gasteiger partial charge is 0.303 e. The molecule has 0 aromatic rings. The molecule has 1 N–H and O–H groups in total. The van der Waals surface area contributed by atoms with Crippen LogP contribution in [0.15, 0.2) is 61.3 Å². The Labute approximate surface area is 148 Å². The summed E-state index contributed by atoms with van der Waals surface area (Å²) in [6, 6.07) is 0. The molecule has 0 saturated carbocycles. The van der Waals surface area contributed by atoms with Gasteiger partial charge in [-0.25, -0.2) is 0 Å². The van der Waals surface area contributed by atoms with E-state index in [9.17, 15) is 4.79 Å². The second kappa shape index (κ2) is 19.2. The van der Waals surface area contributed by atoms with Crippen LogP contribution in [-0.4, -0.2) is 11.1 Å². The zero-order valence-electron chi connectivity index (χ0n) is 15.0. The molecular weight excluding hydrogens is 296 g/mol. The third kappa shape index (κ3) is 20.2. The van der Waals surface area contributed by atoms with Gasteiger partial charge in [0.2, 0.25) is 0 Å². The van der Waals surface area contributed by atoms with E-state index in [1.54, 1.807) is 0 Å². The molecule has 0 unspecified atom stereocenters. The zero-order chi connectivity index (χ0) is 17.7. The summed E-state index contributed by atoms with van der Waals surface area (Å²) in [6.45, 7) is 3.68. The standard InChI is InChI=1S/C22H34O2/c1-2-3-4-5-6-7-8-9-10-11-12-13-14-15-16-17-18-19-20-21-22(23)24/h2,4-5,7-8,10-11,13-14H,1,3,6,9,12,15-21H2,(H,23,24). The maximum atomic E-state index is 10.4. The van der Waals surface area contributed by atoms with Crippen molar-refractivity contribution in [1.82, 2.24) is 0 Å². The van der Waals surface area contributed by atoms with Crippen LogP contribution >= 0.6 is 0 Å². The summed E-state index contributed by atoms with van der Waals surface area (Å²) in [5, 5.41) is 8.53. The maximum absolute atomic E-state index is 10.4. The molecule has 0 rings (SSSR count). The first-order valence-corrected chi connectivity index (χ1v) is 9.20. The van der Waals surface area contributed by atoms with Crippen LogP contribution in [0, 0.1) is 0 Å². The van der Waals surface area contributed by atoms with Crippen molar-refractivity contribution in [2.45, 2.75) is 70.6 Å². The SMILES string of the molecule is C=CCC=CCC=CCC=CCC=CCCCCCCCC(=O)O. The first kappa shape index (κ1) is 22.2. The van der Waals surface area contributed by atoms with Crippen molar-refractivity contribution in [3.05, 3.63) is 61.3 Å². The number of rotatable bonds is 16. The molecule has 0 atom stereocenters. The van der Waals surface area contributed by atoms with Crippen LogP contribution in [0.25, 0.3) is 0 Å². The van der Waals surface area contributed by atoms with E-state index in [4.69, 9.17) is 5.11 Å². The van der Waals surface area contributed by atoms with E-state index in [2.05, 4.69) is 55.2 Å². The highest BCUT2D eigenvalue weighted by Gasteiger charge is 1.95. The van der Waals surface area contributed by atoms with E-state index in [0.29, 0.717) is 6.42 Å². The topological polar surface area (TPSA) is 37.3 Å². The Hall–Kier alpha value is -1.83. The summed E-state index contributed by atoms with van der Waals surface area (Å²) < 4.78 is 0. The second-order valence-corrected chi connectivity index (χ2v) is 5.82. The van der Waals surface area contributed by atoms with Crippen LogP contribution in [0.3, 0.4) is 0 Å². The Kier molecular flexibility index (Phi) is 17.8. The monoisotopic (exact) mass is 330 g/mol. The van der Waals surface area contributed by atoms with E-state index in [1.165, 1.54) is 12.8 Å². The summed E-state index contributed by atoms with van der Waals surface area (Å²) in [5.41, 5.74) is 0. The van der Waals surface area contributed by atoms with Crippen LogP contribution < -0.4 is 0 Å². The molecule has 0 aromatic carbocycles. The lowest BCUT2D eigenvalue weighted by Gasteiger charge is -1.98. The van der Waals surface area contributed by atoms with Crippen LogP contribution in [0.1, 0.15) is 70.6 Å². The molecule has 0 spiro atoms. The third-order valence-electron chi connectivity index (χ3n) is 3.55. The van der Waals surface area contributed by atoms with Crippen molar-refractivity contribution < 1.29 is 9.90 Å². The first-order chi connectivity index (χ1) is 11.8. The molecule has 0 aromatic heterocycles. The molecule has 0 radical (unpaired) electrons. The number of carboxylic acids is 1. The number of aliphatic carboxylic acids is 1. The lowest BCUT2D eigenvalue weighted by atomic mass is 10.1. The highest BCUT2D eigenvalue weighted by molar-refractivity contribution is 5.66. The van der Waals surface area contributed by atoms with Gasteiger partial charge in [-0.2, -0.15) is 0 Å². The number of unbranched alkanes of at least 4 members (excludes halogenated alkanes) is 5. The largest absolute Gasteiger partial charge is 0.481 e. The normalized spacial score (nSPS) is 12.2. The lowest BCUT2D eigenvalue weighted by molar-refractivity contribution is -0.137. The van der Waals surface area contributed by atoms with Gasteiger partial charge in [0.25, 0.3) is 0 Å². The Bertz CT molecular complexity index is 414. The Morgan fingerprint density at radius 2 is 1.12 bits per heavy atom. The quantitative estimate of drug-likeness (QED) is 0.250. The van der Waals surface area contributed by atoms with E-state index < -0.39 is 5.97 Å². The van der Waals surface area contributed by atoms with Gasteiger partial charge < -0.3 is 5.11 Å². The summed E-state index contributed by atoms with van der Waals surface area (Å²) >= 11 is 0. The number of carbonyl (C=O) groups is 1. The molecular formula is C22H34O2. The molecule has 0 aliphatic rings. The van der Waals surface area contributed by atoms with Gasteiger partial charge >= 0.3 is 5.97 Å². The number of carboxylic acid groups (broad SMARTS) is 1. The molecule has 0 amide bonds. The number of hydrogen-bond donors (Lipinski definition) is 1. The Balaban J connectivity index is 3.34. The summed E-state index contributed by atoms with van der Waals surface area (Å²) in [7, 11) is 0. The Morgan fingerprint density at radius 3 is 1.67 bits per heavy atom. The van der Waals surface area contributed by atoms with Crippen molar-refractivity contribution in [1.29, 1.82) is 0 Å². The minimum atomic E-state index is -0.679. The predicted octanol–water partition coefficient (Wildman–Crippen LogP) is 6.77. The van der Waals surface area contributed by atoms with Gasteiger partial charge in [-0.15, -0.1) is 6.58 Å². The zero-order valence-corrected chi connectivity index (χ0v) is 15.0. The molecule has 0 heterocycles. The number of hydrogen-bond acceptors (Lipinski definition) is 1. The van der Waals surface area contributed by atoms with Gasteiger partial charge in [-0.1, -0.05) is 73.9 Å². The highest BCUT2D eigenvalue weighted by atomic mass is 16.4. The lowest BCUT2D eigenvalue weighted by Crippen LogP contribution is -1.93. The van der Waals surface area contributed by atoms with E-state index in [0.717, 1.165) is 51.4 Å². The predicted molar refractivity (Wildman–Crippen MR) is 105 cm³/mol. The fraction of sp³-hybridized carbons (Fsp3) is 0.500. The van der Waals surface area contributed by atoms with Crippen molar-refractivity contribution in [2.24, 2.45) is 0 Å². The number of allylic oxidation sites excluding steroid dienone is 9. The van der Waals surface area contributed by atoms with E-state index in [-0.39, 0.29) is 0 Å². The fourth-order valence-electron chi connectivity index (χ4n) is 2.19. The molecule has 0 fully saturated rings. The van der Waals surface area contributed by atoms with Crippen LogP contribution in [0.2, 0.25) is 0 Å². The van der Waals surface area contributed by atoms with Crippen molar-refractivity contribution in [3.8, 4) is 0 Å². The minimum absolute atomic E-state index is 0.313. The van der Waals surface area contributed by atoms with Crippen molar-refractivity contribution >= 4 is 5.97 Å². The van der Waals surface area contributed by atoms with Crippen molar-refractivity contribution in [3.63, 3.8) is 0 Å². The first-order valence-electron chi connectivity index (χ1n) is 9.20. The van der Waals surface area contributed by atoms with Crippen molar-refractivity contribution in [2.75, 3.05) is 0 Å². The van der Waals surface area contributed by atoms with E-state index in [1.807, 2.05) is 6.08 Å². The summed E-state index contributed by atoms with van der Waals surface area (Å²) in [6.07, 6.45) is 30.3. The van der Waals surface area contributed by atoms with Gasteiger partial charge in [-0.3, -0.25) is 4.79 Å². The average molecular weight is 331 g/mol. The van der Waals surface area contributed by atoms with Gasteiger partial charge in [0, 0.05) is 6.42 Å². The average Bonchev–Trinajstić information content (AvgIpc) is 2.56. The van der Waals surface area contributed by atoms with Crippen LogP contribution in [0.5, 0.6) is 0 Å². The van der Waals surface area contributed by atoms with Crippen LogP contribution in [0.4, 0.5) is 0 Å². The van der Waals surface area contributed by atoms with Gasteiger partial charge in [0.15, 0.2) is 0 Å². The van der Waals surface area contributed by atoms with Gasteiger partial charge in [-0.05, 0) is 44.9 Å².